The van der Waals surface area contributed by atoms with Gasteiger partial charge in [-0.05, 0) is 31.5 Å². The van der Waals surface area contributed by atoms with E-state index in [-0.39, 0.29) is 12.5 Å². The van der Waals surface area contributed by atoms with Crippen LogP contribution in [0.4, 0.5) is 5.69 Å². The summed E-state index contributed by atoms with van der Waals surface area (Å²) in [4.78, 5) is 11.3. The second-order valence-electron chi connectivity index (χ2n) is 5.80. The number of carbonyl (C=O) groups excluding carboxylic acids is 1. The van der Waals surface area contributed by atoms with E-state index in [4.69, 9.17) is 4.74 Å². The smallest absolute Gasteiger partial charge is 0.262 e. The summed E-state index contributed by atoms with van der Waals surface area (Å²) in [6.07, 6.45) is 1.24. The van der Waals surface area contributed by atoms with Crippen LogP contribution in [0.1, 0.15) is 19.4 Å². The molecule has 0 bridgehead atoms. The largest absolute Gasteiger partial charge is 0.482 e. The molecule has 0 radical (unpaired) electrons. The Balaban J connectivity index is 1.99. The number of nitrogens with one attached hydrogen (secondary N) is 2. The van der Waals surface area contributed by atoms with Crippen molar-refractivity contribution in [2.24, 2.45) is 0 Å². The van der Waals surface area contributed by atoms with E-state index < -0.39 is 14.6 Å². The van der Waals surface area contributed by atoms with Crippen LogP contribution in [0.15, 0.2) is 18.2 Å². The SMILES string of the molecule is CC(C)(CNCc1ccc2c(c1)NC(=O)CO2)S(C)(=O)=O. The van der Waals surface area contributed by atoms with Gasteiger partial charge in [-0.1, -0.05) is 6.07 Å². The Morgan fingerprint density at radius 3 is 2.76 bits per heavy atom. The fourth-order valence-electron chi connectivity index (χ4n) is 1.88. The van der Waals surface area contributed by atoms with Crippen LogP contribution in [0.3, 0.4) is 0 Å². The quantitative estimate of drug-likeness (QED) is 0.845. The number of carbonyl (C=O) groups is 1. The zero-order valence-corrected chi connectivity index (χ0v) is 13.2. The van der Waals surface area contributed by atoms with Gasteiger partial charge in [0.05, 0.1) is 10.4 Å². The molecule has 0 aromatic heterocycles. The molecule has 0 saturated carbocycles. The van der Waals surface area contributed by atoms with Crippen molar-refractivity contribution in [1.82, 2.24) is 5.32 Å². The van der Waals surface area contributed by atoms with E-state index in [1.54, 1.807) is 19.9 Å². The van der Waals surface area contributed by atoms with Crippen molar-refractivity contribution in [2.45, 2.75) is 25.1 Å². The number of rotatable bonds is 5. The Labute approximate surface area is 124 Å². The summed E-state index contributed by atoms with van der Waals surface area (Å²) in [5.74, 6) is 0.473. The standard InChI is InChI=1S/C14H20N2O4S/c1-14(2,21(3,18)19)9-15-7-10-4-5-12-11(6-10)16-13(17)8-20-12/h4-6,15H,7-9H2,1-3H3,(H,16,17). The van der Waals surface area contributed by atoms with E-state index in [1.165, 1.54) is 6.26 Å². The third-order valence-corrected chi connectivity index (χ3v) is 5.71. The van der Waals surface area contributed by atoms with Gasteiger partial charge in [-0.2, -0.15) is 0 Å². The molecular weight excluding hydrogens is 292 g/mol. The van der Waals surface area contributed by atoms with E-state index >= 15 is 0 Å². The van der Waals surface area contributed by atoms with E-state index in [0.29, 0.717) is 24.5 Å². The summed E-state index contributed by atoms with van der Waals surface area (Å²) in [6, 6.07) is 5.51. The summed E-state index contributed by atoms with van der Waals surface area (Å²) < 4.78 is 27.7. The number of amides is 1. The number of anilines is 1. The fourth-order valence-corrected chi connectivity index (χ4v) is 2.24. The molecule has 0 atom stereocenters. The van der Waals surface area contributed by atoms with Crippen LogP contribution in [0.2, 0.25) is 0 Å². The first kappa shape index (κ1) is 15.8. The second kappa shape index (κ2) is 5.65. The Morgan fingerprint density at radius 1 is 1.38 bits per heavy atom. The van der Waals surface area contributed by atoms with Gasteiger partial charge in [0.2, 0.25) is 0 Å². The Kier molecular flexibility index (Phi) is 4.25. The zero-order chi connectivity index (χ0) is 15.7. The number of hydrogen-bond donors (Lipinski definition) is 2. The Morgan fingerprint density at radius 2 is 2.10 bits per heavy atom. The molecule has 1 heterocycles. The predicted molar refractivity (Wildman–Crippen MR) is 81.2 cm³/mol. The lowest BCUT2D eigenvalue weighted by Gasteiger charge is -2.23. The van der Waals surface area contributed by atoms with Gasteiger partial charge < -0.3 is 15.4 Å². The van der Waals surface area contributed by atoms with Crippen molar-refractivity contribution in [3.63, 3.8) is 0 Å². The molecule has 1 aromatic carbocycles. The number of sulfone groups is 1. The maximum absolute atomic E-state index is 11.6. The highest BCUT2D eigenvalue weighted by Crippen LogP contribution is 2.28. The summed E-state index contributed by atoms with van der Waals surface area (Å²) in [7, 11) is -3.12. The minimum Gasteiger partial charge on any atom is -0.482 e. The molecule has 0 spiro atoms. The minimum atomic E-state index is -3.12. The summed E-state index contributed by atoms with van der Waals surface area (Å²) in [6.45, 7) is 4.29. The highest BCUT2D eigenvalue weighted by molar-refractivity contribution is 7.92. The third kappa shape index (κ3) is 3.74. The molecule has 116 valence electrons. The molecule has 21 heavy (non-hydrogen) atoms. The Bertz CT molecular complexity index is 653. The van der Waals surface area contributed by atoms with Crippen LogP contribution < -0.4 is 15.4 Å². The molecule has 0 fully saturated rings. The van der Waals surface area contributed by atoms with E-state index in [2.05, 4.69) is 10.6 Å². The van der Waals surface area contributed by atoms with Gasteiger partial charge in [0, 0.05) is 19.3 Å². The summed E-state index contributed by atoms with van der Waals surface area (Å²) in [5.41, 5.74) is 1.59. The Hall–Kier alpha value is -1.60. The van der Waals surface area contributed by atoms with Gasteiger partial charge in [-0.3, -0.25) is 4.79 Å². The molecule has 7 heteroatoms. The van der Waals surface area contributed by atoms with Crippen LogP contribution in [-0.2, 0) is 21.2 Å². The summed E-state index contributed by atoms with van der Waals surface area (Å²) in [5, 5.41) is 5.88. The maximum atomic E-state index is 11.6. The van der Waals surface area contributed by atoms with E-state index in [9.17, 15) is 13.2 Å². The first-order valence-corrected chi connectivity index (χ1v) is 8.54. The van der Waals surface area contributed by atoms with Crippen molar-refractivity contribution in [2.75, 3.05) is 24.7 Å². The van der Waals surface area contributed by atoms with Crippen LogP contribution in [0.25, 0.3) is 0 Å². The van der Waals surface area contributed by atoms with Crippen molar-refractivity contribution in [3.05, 3.63) is 23.8 Å². The highest BCUT2D eigenvalue weighted by Gasteiger charge is 2.29. The topological polar surface area (TPSA) is 84.5 Å². The first-order chi connectivity index (χ1) is 9.69. The van der Waals surface area contributed by atoms with Gasteiger partial charge in [-0.15, -0.1) is 0 Å². The molecule has 2 N–H and O–H groups in total. The molecule has 0 saturated heterocycles. The van der Waals surface area contributed by atoms with Crippen molar-refractivity contribution >= 4 is 21.4 Å². The van der Waals surface area contributed by atoms with Gasteiger partial charge in [0.15, 0.2) is 16.4 Å². The monoisotopic (exact) mass is 312 g/mol. The molecule has 0 unspecified atom stereocenters. The van der Waals surface area contributed by atoms with Gasteiger partial charge >= 0.3 is 0 Å². The molecule has 2 rings (SSSR count). The lowest BCUT2D eigenvalue weighted by molar-refractivity contribution is -0.118. The van der Waals surface area contributed by atoms with Crippen molar-refractivity contribution in [3.8, 4) is 5.75 Å². The minimum absolute atomic E-state index is 0.0349. The predicted octanol–water partition coefficient (Wildman–Crippen LogP) is 0.930. The van der Waals surface area contributed by atoms with Gasteiger partial charge in [0.1, 0.15) is 5.75 Å². The van der Waals surface area contributed by atoms with Crippen molar-refractivity contribution in [1.29, 1.82) is 0 Å². The maximum Gasteiger partial charge on any atom is 0.262 e. The van der Waals surface area contributed by atoms with Gasteiger partial charge in [-0.25, -0.2) is 8.42 Å². The number of hydrogen-bond acceptors (Lipinski definition) is 5. The number of benzene rings is 1. The first-order valence-electron chi connectivity index (χ1n) is 6.65. The van der Waals surface area contributed by atoms with Gasteiger partial charge in [0.25, 0.3) is 5.91 Å². The van der Waals surface area contributed by atoms with E-state index in [0.717, 1.165) is 5.56 Å². The number of fused-ring (bicyclic) bond motifs is 1. The molecule has 1 aliphatic rings. The van der Waals surface area contributed by atoms with E-state index in [1.807, 2.05) is 12.1 Å². The zero-order valence-electron chi connectivity index (χ0n) is 12.4. The lowest BCUT2D eigenvalue weighted by Crippen LogP contribution is -2.41. The van der Waals surface area contributed by atoms with Crippen LogP contribution in [0, 0.1) is 0 Å². The summed E-state index contributed by atoms with van der Waals surface area (Å²) >= 11 is 0. The highest BCUT2D eigenvalue weighted by atomic mass is 32.2. The normalized spacial score (nSPS) is 15.1. The molecular formula is C14H20N2O4S. The average Bonchev–Trinajstić information content (AvgIpc) is 2.36. The molecule has 6 nitrogen and oxygen atoms in total. The molecule has 1 amide bonds. The third-order valence-electron chi connectivity index (χ3n) is 3.56. The average molecular weight is 312 g/mol. The molecule has 0 aliphatic carbocycles. The molecule has 1 aromatic rings. The van der Waals surface area contributed by atoms with Crippen molar-refractivity contribution < 1.29 is 17.9 Å². The van der Waals surface area contributed by atoms with Crippen LogP contribution >= 0.6 is 0 Å². The fraction of sp³-hybridized carbons (Fsp3) is 0.500. The lowest BCUT2D eigenvalue weighted by atomic mass is 10.1. The van der Waals surface area contributed by atoms with Crippen LogP contribution in [0.5, 0.6) is 5.75 Å². The second-order valence-corrected chi connectivity index (χ2v) is 8.45. The molecule has 1 aliphatic heterocycles. The number of ether oxygens (including phenoxy) is 1. The van der Waals surface area contributed by atoms with Crippen LogP contribution in [-0.4, -0.2) is 38.5 Å².